The maximum atomic E-state index is 13.1. The highest BCUT2D eigenvalue weighted by molar-refractivity contribution is 6.30. The van der Waals surface area contributed by atoms with Gasteiger partial charge in [0.15, 0.2) is 5.76 Å². The molecule has 0 saturated heterocycles. The molecule has 0 saturated carbocycles. The number of aryl methyl sites for hydroxylation is 2. The molecule has 3 aromatic rings. The number of hydrogen-bond acceptors (Lipinski definition) is 4. The van der Waals surface area contributed by atoms with Crippen molar-refractivity contribution in [3.05, 3.63) is 81.5 Å². The van der Waals surface area contributed by atoms with E-state index in [0.717, 1.165) is 47.4 Å². The number of nitrogens with zero attached hydrogens (tertiary/aromatic N) is 1. The van der Waals surface area contributed by atoms with Crippen molar-refractivity contribution in [3.8, 4) is 0 Å². The molecule has 1 amide bonds. The van der Waals surface area contributed by atoms with Gasteiger partial charge >= 0.3 is 0 Å². The number of benzene rings is 2. The number of anilines is 2. The summed E-state index contributed by atoms with van der Waals surface area (Å²) in [5.41, 5.74) is 7.66. The number of fused-ring (bicyclic) bond motifs is 1. The van der Waals surface area contributed by atoms with Gasteiger partial charge in [-0.2, -0.15) is 5.10 Å². The van der Waals surface area contributed by atoms with E-state index >= 15 is 0 Å². The van der Waals surface area contributed by atoms with Crippen LogP contribution >= 0.6 is 11.6 Å². The summed E-state index contributed by atoms with van der Waals surface area (Å²) < 4.78 is 19.0. The Labute approximate surface area is 178 Å². The standard InChI is InChI=1S/C23H21ClFN3O2/c1-13-12-15(24)6-11-18(13)26-23(29)22-14(2)21-19(4-3-5-20(21)30-22)28-27-17-9-7-16(25)8-10-17/h6-12,27H,3-5H2,1-2H3,(H,26,29)/b28-19+. The molecule has 7 heteroatoms. The Hall–Kier alpha value is -3.12. The highest BCUT2D eigenvalue weighted by atomic mass is 35.5. The molecule has 0 aliphatic heterocycles. The van der Waals surface area contributed by atoms with Crippen molar-refractivity contribution in [2.24, 2.45) is 5.10 Å². The Kier molecular flexibility index (Phi) is 5.59. The zero-order valence-electron chi connectivity index (χ0n) is 16.7. The Bertz CT molecular complexity index is 1140. The van der Waals surface area contributed by atoms with Gasteiger partial charge in [-0.05, 0) is 74.7 Å². The van der Waals surface area contributed by atoms with Gasteiger partial charge in [0, 0.05) is 28.3 Å². The van der Waals surface area contributed by atoms with Crippen molar-refractivity contribution in [1.29, 1.82) is 0 Å². The van der Waals surface area contributed by atoms with Crippen molar-refractivity contribution < 1.29 is 13.6 Å². The van der Waals surface area contributed by atoms with E-state index in [0.29, 0.717) is 16.4 Å². The number of rotatable bonds is 4. The van der Waals surface area contributed by atoms with Gasteiger partial charge in [0.25, 0.3) is 5.91 Å². The molecule has 0 unspecified atom stereocenters. The quantitative estimate of drug-likeness (QED) is 0.497. The highest BCUT2D eigenvalue weighted by Crippen LogP contribution is 2.31. The van der Waals surface area contributed by atoms with Gasteiger partial charge in [-0.3, -0.25) is 10.2 Å². The maximum Gasteiger partial charge on any atom is 0.291 e. The molecule has 0 spiro atoms. The minimum absolute atomic E-state index is 0.283. The van der Waals surface area contributed by atoms with Gasteiger partial charge in [-0.1, -0.05) is 11.6 Å². The van der Waals surface area contributed by atoms with E-state index in [9.17, 15) is 9.18 Å². The molecule has 0 fully saturated rings. The summed E-state index contributed by atoms with van der Waals surface area (Å²) in [6.07, 6.45) is 2.39. The fourth-order valence-electron chi connectivity index (χ4n) is 3.60. The molecule has 4 rings (SSSR count). The first kappa shape index (κ1) is 20.2. The summed E-state index contributed by atoms with van der Waals surface area (Å²) in [7, 11) is 0. The van der Waals surface area contributed by atoms with E-state index < -0.39 is 0 Å². The van der Waals surface area contributed by atoms with Gasteiger partial charge in [0.2, 0.25) is 0 Å². The number of hydrazone groups is 1. The van der Waals surface area contributed by atoms with Crippen LogP contribution in [0.3, 0.4) is 0 Å². The van der Waals surface area contributed by atoms with E-state index in [1.54, 1.807) is 30.3 Å². The first-order valence-electron chi connectivity index (χ1n) is 9.70. The molecule has 154 valence electrons. The lowest BCUT2D eigenvalue weighted by atomic mass is 9.93. The molecule has 0 radical (unpaired) electrons. The third-order valence-corrected chi connectivity index (χ3v) is 5.37. The van der Waals surface area contributed by atoms with Crippen molar-refractivity contribution in [1.82, 2.24) is 0 Å². The lowest BCUT2D eigenvalue weighted by Gasteiger charge is -2.13. The fraction of sp³-hybridized carbons (Fsp3) is 0.217. The summed E-state index contributed by atoms with van der Waals surface area (Å²) in [5, 5.41) is 8.02. The average Bonchev–Trinajstić information content (AvgIpc) is 3.07. The zero-order valence-corrected chi connectivity index (χ0v) is 17.4. The first-order valence-corrected chi connectivity index (χ1v) is 10.1. The molecule has 5 nitrogen and oxygen atoms in total. The van der Waals surface area contributed by atoms with Crippen LogP contribution in [0, 0.1) is 19.7 Å². The smallest absolute Gasteiger partial charge is 0.291 e. The molecule has 2 N–H and O–H groups in total. The second-order valence-electron chi connectivity index (χ2n) is 7.30. The molecule has 0 bridgehead atoms. The largest absolute Gasteiger partial charge is 0.455 e. The normalized spacial score (nSPS) is 14.5. The number of hydrogen-bond donors (Lipinski definition) is 2. The molecule has 1 aliphatic carbocycles. The molecular weight excluding hydrogens is 405 g/mol. The van der Waals surface area contributed by atoms with Crippen LogP contribution in [-0.4, -0.2) is 11.6 Å². The lowest BCUT2D eigenvalue weighted by Crippen LogP contribution is -2.15. The SMILES string of the molecule is Cc1cc(Cl)ccc1NC(=O)c1oc2c(c1C)/C(=N/Nc1ccc(F)cc1)CCC2. The van der Waals surface area contributed by atoms with Gasteiger partial charge in [0.1, 0.15) is 11.6 Å². The molecule has 1 aromatic heterocycles. The third kappa shape index (κ3) is 4.09. The molecule has 1 heterocycles. The predicted octanol–water partition coefficient (Wildman–Crippen LogP) is 6.09. The van der Waals surface area contributed by atoms with Crippen LogP contribution in [-0.2, 0) is 6.42 Å². The molecule has 1 aliphatic rings. The van der Waals surface area contributed by atoms with E-state index in [-0.39, 0.29) is 17.5 Å². The lowest BCUT2D eigenvalue weighted by molar-refractivity contribution is 0.0994. The Morgan fingerprint density at radius 1 is 1.13 bits per heavy atom. The number of carbonyl (C=O) groups is 1. The summed E-state index contributed by atoms with van der Waals surface area (Å²) in [4.78, 5) is 12.9. The van der Waals surface area contributed by atoms with E-state index in [4.69, 9.17) is 16.0 Å². The molecule has 0 atom stereocenters. The second-order valence-corrected chi connectivity index (χ2v) is 7.73. The number of furan rings is 1. The number of amides is 1. The maximum absolute atomic E-state index is 13.1. The van der Waals surface area contributed by atoms with Crippen molar-refractivity contribution >= 4 is 34.6 Å². The van der Waals surface area contributed by atoms with Crippen LogP contribution in [0.2, 0.25) is 5.02 Å². The van der Waals surface area contributed by atoms with Crippen LogP contribution in [0.4, 0.5) is 15.8 Å². The minimum Gasteiger partial charge on any atom is -0.455 e. The second kappa shape index (κ2) is 8.32. The Morgan fingerprint density at radius 3 is 2.63 bits per heavy atom. The van der Waals surface area contributed by atoms with Gasteiger partial charge < -0.3 is 9.73 Å². The van der Waals surface area contributed by atoms with Crippen LogP contribution in [0.1, 0.15) is 45.8 Å². The van der Waals surface area contributed by atoms with Crippen LogP contribution in [0.5, 0.6) is 0 Å². The first-order chi connectivity index (χ1) is 14.4. The van der Waals surface area contributed by atoms with Crippen molar-refractivity contribution in [2.45, 2.75) is 33.1 Å². The van der Waals surface area contributed by atoms with Gasteiger partial charge in [-0.25, -0.2) is 4.39 Å². The minimum atomic E-state index is -0.307. The summed E-state index contributed by atoms with van der Waals surface area (Å²) >= 11 is 5.99. The molecule has 2 aromatic carbocycles. The topological polar surface area (TPSA) is 66.6 Å². The van der Waals surface area contributed by atoms with Crippen LogP contribution in [0.15, 0.2) is 52.0 Å². The Balaban J connectivity index is 1.59. The fourth-order valence-corrected chi connectivity index (χ4v) is 3.83. The summed E-state index contributed by atoms with van der Waals surface area (Å²) in [6, 6.07) is 11.3. The monoisotopic (exact) mass is 425 g/mol. The zero-order chi connectivity index (χ0) is 21.3. The van der Waals surface area contributed by atoms with Gasteiger partial charge in [0.05, 0.1) is 11.4 Å². The third-order valence-electron chi connectivity index (χ3n) is 5.13. The van der Waals surface area contributed by atoms with Crippen molar-refractivity contribution in [3.63, 3.8) is 0 Å². The summed E-state index contributed by atoms with van der Waals surface area (Å²) in [5.74, 6) is 0.436. The van der Waals surface area contributed by atoms with E-state index in [2.05, 4.69) is 15.8 Å². The summed E-state index contributed by atoms with van der Waals surface area (Å²) in [6.45, 7) is 3.75. The van der Waals surface area contributed by atoms with E-state index in [1.807, 2.05) is 13.8 Å². The molecule has 30 heavy (non-hydrogen) atoms. The van der Waals surface area contributed by atoms with Crippen molar-refractivity contribution in [2.75, 3.05) is 10.7 Å². The highest BCUT2D eigenvalue weighted by Gasteiger charge is 2.28. The number of carbonyl (C=O) groups excluding carboxylic acids is 1. The van der Waals surface area contributed by atoms with Crippen LogP contribution < -0.4 is 10.7 Å². The Morgan fingerprint density at radius 2 is 1.90 bits per heavy atom. The predicted molar refractivity (Wildman–Crippen MR) is 117 cm³/mol. The average molecular weight is 426 g/mol. The van der Waals surface area contributed by atoms with E-state index in [1.165, 1.54) is 12.1 Å². The number of nitrogens with one attached hydrogen (secondary N) is 2. The number of halogens is 2. The molecular formula is C23H21ClFN3O2. The van der Waals surface area contributed by atoms with Gasteiger partial charge in [-0.15, -0.1) is 0 Å². The van der Waals surface area contributed by atoms with Crippen LogP contribution in [0.25, 0.3) is 0 Å².